The van der Waals surface area contributed by atoms with Gasteiger partial charge >= 0.3 is 0 Å². The number of rotatable bonds is 7. The summed E-state index contributed by atoms with van der Waals surface area (Å²) in [5.41, 5.74) is 1.84. The molecule has 0 radical (unpaired) electrons. The van der Waals surface area contributed by atoms with Crippen LogP contribution in [-0.4, -0.2) is 51.4 Å². The number of hydrogen-bond donors (Lipinski definition) is 0. The van der Waals surface area contributed by atoms with Crippen LogP contribution in [0.2, 0.25) is 0 Å². The Labute approximate surface area is 167 Å². The van der Waals surface area contributed by atoms with Crippen LogP contribution in [-0.2, 0) is 16.4 Å². The second kappa shape index (κ2) is 8.92. The fourth-order valence-electron chi connectivity index (χ4n) is 3.79. The molecule has 0 amide bonds. The minimum Gasteiger partial charge on any atom is -0.493 e. The van der Waals surface area contributed by atoms with E-state index >= 15 is 0 Å². The van der Waals surface area contributed by atoms with E-state index in [-0.39, 0.29) is 5.92 Å². The second-order valence-corrected chi connectivity index (χ2v) is 9.14. The van der Waals surface area contributed by atoms with E-state index in [1.165, 1.54) is 6.26 Å². The number of benzene rings is 1. The van der Waals surface area contributed by atoms with Gasteiger partial charge in [0.15, 0.2) is 21.3 Å². The molecular weight excluding hydrogens is 376 g/mol. The number of ether oxygens (including phenoxy) is 2. The third-order valence-electron chi connectivity index (χ3n) is 5.03. The number of hydrogen-bond acceptors (Lipinski definition) is 6. The van der Waals surface area contributed by atoms with Crippen molar-refractivity contribution in [3.05, 3.63) is 47.8 Å². The minimum absolute atomic E-state index is 0.115. The first-order valence-corrected chi connectivity index (χ1v) is 11.5. The van der Waals surface area contributed by atoms with Crippen LogP contribution in [0.15, 0.2) is 41.4 Å². The molecule has 2 heterocycles. The fraction of sp³-hybridized carbons (Fsp3) is 0.476. The number of likely N-dealkylation sites (tertiary alicyclic amines) is 1. The minimum atomic E-state index is -3.29. The van der Waals surface area contributed by atoms with Crippen molar-refractivity contribution in [2.45, 2.75) is 37.1 Å². The number of pyridine rings is 1. The zero-order valence-corrected chi connectivity index (χ0v) is 17.5. The summed E-state index contributed by atoms with van der Waals surface area (Å²) in [6.45, 7) is 5.08. The average molecular weight is 405 g/mol. The number of piperidine rings is 1. The molecule has 28 heavy (non-hydrogen) atoms. The molecule has 1 aliphatic rings. The lowest BCUT2D eigenvalue weighted by Gasteiger charge is -2.33. The third-order valence-corrected chi connectivity index (χ3v) is 6.17. The molecule has 0 bridgehead atoms. The Balaban J connectivity index is 1.77. The van der Waals surface area contributed by atoms with Gasteiger partial charge in [-0.05, 0) is 56.1 Å². The van der Waals surface area contributed by atoms with Gasteiger partial charge in [0.25, 0.3) is 0 Å². The Morgan fingerprint density at radius 1 is 1.25 bits per heavy atom. The Morgan fingerprint density at radius 3 is 2.79 bits per heavy atom. The first-order chi connectivity index (χ1) is 13.4. The summed E-state index contributed by atoms with van der Waals surface area (Å²) in [5.74, 6) is 1.60. The SMILES string of the molecule is CCOc1cc(CN2CCCC(c3ncccc3S(C)(=O)=O)C2)ccc1OC. The predicted molar refractivity (Wildman–Crippen MR) is 109 cm³/mol. The van der Waals surface area contributed by atoms with E-state index in [2.05, 4.69) is 9.88 Å². The third kappa shape index (κ3) is 4.83. The number of sulfone groups is 1. The molecule has 1 unspecified atom stereocenters. The van der Waals surface area contributed by atoms with E-state index in [0.29, 0.717) is 17.2 Å². The van der Waals surface area contributed by atoms with Gasteiger partial charge in [-0.25, -0.2) is 8.42 Å². The van der Waals surface area contributed by atoms with E-state index in [1.54, 1.807) is 25.4 Å². The van der Waals surface area contributed by atoms with E-state index < -0.39 is 9.84 Å². The maximum Gasteiger partial charge on any atom is 0.177 e. The van der Waals surface area contributed by atoms with Gasteiger partial charge < -0.3 is 9.47 Å². The molecule has 1 aromatic heterocycles. The summed E-state index contributed by atoms with van der Waals surface area (Å²) in [7, 11) is -1.65. The van der Waals surface area contributed by atoms with Crippen LogP contribution >= 0.6 is 0 Å². The van der Waals surface area contributed by atoms with Crippen molar-refractivity contribution < 1.29 is 17.9 Å². The first kappa shape index (κ1) is 20.6. The van der Waals surface area contributed by atoms with Gasteiger partial charge in [0, 0.05) is 31.5 Å². The monoisotopic (exact) mass is 404 g/mol. The molecule has 6 nitrogen and oxygen atoms in total. The largest absolute Gasteiger partial charge is 0.493 e. The highest BCUT2D eigenvalue weighted by molar-refractivity contribution is 7.90. The van der Waals surface area contributed by atoms with Crippen molar-refractivity contribution in [1.82, 2.24) is 9.88 Å². The highest BCUT2D eigenvalue weighted by Crippen LogP contribution is 2.32. The van der Waals surface area contributed by atoms with Crippen LogP contribution in [0.4, 0.5) is 0 Å². The van der Waals surface area contributed by atoms with Crippen molar-refractivity contribution in [2.24, 2.45) is 0 Å². The summed E-state index contributed by atoms with van der Waals surface area (Å²) >= 11 is 0. The molecule has 1 aromatic carbocycles. The molecule has 1 atom stereocenters. The van der Waals surface area contributed by atoms with Crippen molar-refractivity contribution in [3.63, 3.8) is 0 Å². The molecule has 1 fully saturated rings. The summed E-state index contributed by atoms with van der Waals surface area (Å²) in [4.78, 5) is 7.13. The summed E-state index contributed by atoms with van der Waals surface area (Å²) in [6, 6.07) is 9.35. The zero-order valence-electron chi connectivity index (χ0n) is 16.7. The van der Waals surface area contributed by atoms with Crippen LogP contribution in [0.5, 0.6) is 11.5 Å². The normalized spacial score (nSPS) is 18.0. The van der Waals surface area contributed by atoms with E-state index in [1.807, 2.05) is 25.1 Å². The van der Waals surface area contributed by atoms with Crippen molar-refractivity contribution >= 4 is 9.84 Å². The topological polar surface area (TPSA) is 68.7 Å². The Hall–Kier alpha value is -2.12. The van der Waals surface area contributed by atoms with E-state index in [0.717, 1.165) is 49.5 Å². The van der Waals surface area contributed by atoms with Gasteiger partial charge in [0.2, 0.25) is 0 Å². The molecule has 0 aliphatic carbocycles. The lowest BCUT2D eigenvalue weighted by Crippen LogP contribution is -2.34. The Morgan fingerprint density at radius 2 is 2.07 bits per heavy atom. The Kier molecular flexibility index (Phi) is 6.57. The number of methoxy groups -OCH3 is 1. The molecular formula is C21H28N2O4S. The molecule has 0 N–H and O–H groups in total. The molecule has 1 saturated heterocycles. The molecule has 152 valence electrons. The Bertz CT molecular complexity index is 914. The van der Waals surface area contributed by atoms with Gasteiger partial charge in [-0.3, -0.25) is 9.88 Å². The van der Waals surface area contributed by atoms with Gasteiger partial charge in [-0.2, -0.15) is 0 Å². The van der Waals surface area contributed by atoms with E-state index in [9.17, 15) is 8.42 Å². The second-order valence-electron chi connectivity index (χ2n) is 7.15. The lowest BCUT2D eigenvalue weighted by molar-refractivity contribution is 0.197. The van der Waals surface area contributed by atoms with E-state index in [4.69, 9.17) is 9.47 Å². The van der Waals surface area contributed by atoms with Crippen molar-refractivity contribution in [2.75, 3.05) is 33.1 Å². The van der Waals surface area contributed by atoms with Gasteiger partial charge in [0.05, 0.1) is 24.3 Å². The van der Waals surface area contributed by atoms with Gasteiger partial charge in [-0.15, -0.1) is 0 Å². The van der Waals surface area contributed by atoms with Gasteiger partial charge in [0.1, 0.15) is 0 Å². The molecule has 0 saturated carbocycles. The van der Waals surface area contributed by atoms with Crippen molar-refractivity contribution in [3.8, 4) is 11.5 Å². The smallest absolute Gasteiger partial charge is 0.177 e. The van der Waals surface area contributed by atoms with Crippen LogP contribution in [0.1, 0.15) is 36.9 Å². The molecule has 0 spiro atoms. The summed E-state index contributed by atoms with van der Waals surface area (Å²) < 4.78 is 35.3. The van der Waals surface area contributed by atoms with Crippen molar-refractivity contribution in [1.29, 1.82) is 0 Å². The predicted octanol–water partition coefficient (Wildman–Crippen LogP) is 3.27. The quantitative estimate of drug-likeness (QED) is 0.705. The molecule has 2 aromatic rings. The van der Waals surface area contributed by atoms with Crippen LogP contribution in [0, 0.1) is 0 Å². The highest BCUT2D eigenvalue weighted by atomic mass is 32.2. The summed E-state index contributed by atoms with van der Waals surface area (Å²) in [5, 5.41) is 0. The maximum absolute atomic E-state index is 12.1. The maximum atomic E-state index is 12.1. The average Bonchev–Trinajstić information content (AvgIpc) is 2.68. The van der Waals surface area contributed by atoms with Crippen LogP contribution < -0.4 is 9.47 Å². The fourth-order valence-corrected chi connectivity index (χ4v) is 4.72. The summed E-state index contributed by atoms with van der Waals surface area (Å²) in [6.07, 6.45) is 4.89. The molecule has 7 heteroatoms. The zero-order chi connectivity index (χ0) is 20.1. The molecule has 3 rings (SSSR count). The number of aromatic nitrogens is 1. The standard InChI is InChI=1S/C21H28N2O4S/c1-4-27-19-13-16(9-10-18(19)26-2)14-23-12-6-7-17(15-23)21-20(28(3,24)25)8-5-11-22-21/h5,8-11,13,17H,4,6-7,12,14-15H2,1-3H3. The first-order valence-electron chi connectivity index (χ1n) is 9.59. The highest BCUT2D eigenvalue weighted by Gasteiger charge is 2.27. The van der Waals surface area contributed by atoms with Gasteiger partial charge in [-0.1, -0.05) is 6.07 Å². The number of nitrogens with zero attached hydrogens (tertiary/aromatic N) is 2. The van der Waals surface area contributed by atoms with Crippen LogP contribution in [0.25, 0.3) is 0 Å². The van der Waals surface area contributed by atoms with Crippen LogP contribution in [0.3, 0.4) is 0 Å². The molecule has 1 aliphatic heterocycles. The lowest BCUT2D eigenvalue weighted by atomic mass is 9.94.